The van der Waals surface area contributed by atoms with Gasteiger partial charge in [-0.25, -0.2) is 0 Å². The van der Waals surface area contributed by atoms with Crippen molar-refractivity contribution in [2.24, 2.45) is 0 Å². The van der Waals surface area contributed by atoms with E-state index >= 15 is 0 Å². The zero-order chi connectivity index (χ0) is 38.5. The molecule has 0 spiro atoms. The van der Waals surface area contributed by atoms with Crippen LogP contribution in [0.5, 0.6) is 0 Å². The molecule has 2 aliphatic carbocycles. The summed E-state index contributed by atoms with van der Waals surface area (Å²) in [6, 6.07) is 50.0. The van der Waals surface area contributed by atoms with E-state index in [2.05, 4.69) is 181 Å². The zero-order valence-corrected chi connectivity index (χ0v) is 38.0. The van der Waals surface area contributed by atoms with Crippen LogP contribution in [-0.2, 0) is 21.8 Å². The molecule has 0 amide bonds. The van der Waals surface area contributed by atoms with Gasteiger partial charge in [0, 0.05) is 0 Å². The first-order chi connectivity index (χ1) is 27.4. The summed E-state index contributed by atoms with van der Waals surface area (Å²) in [4.78, 5) is 0. The van der Waals surface area contributed by atoms with E-state index in [-0.39, 0.29) is 0 Å². The van der Waals surface area contributed by atoms with Gasteiger partial charge in [-0.05, 0) is 0 Å². The first-order valence-corrected chi connectivity index (χ1v) is 26.8. The van der Waals surface area contributed by atoms with E-state index in [0.29, 0.717) is 19.1 Å². The van der Waals surface area contributed by atoms with Crippen LogP contribution in [0.15, 0.2) is 139 Å². The van der Waals surface area contributed by atoms with Gasteiger partial charge in [0.25, 0.3) is 0 Å². The van der Waals surface area contributed by atoms with Gasteiger partial charge in [0.05, 0.1) is 0 Å². The van der Waals surface area contributed by atoms with Crippen LogP contribution in [0.3, 0.4) is 0 Å². The molecular weight excluding hydrogens is 768 g/mol. The number of rotatable bonds is 11. The monoisotopic (exact) mass is 821 g/mol. The standard InChI is InChI=1S/2C21H23.C12H9Si.Zr/c2*1-4-8-16-13-17-9-7-12-20(21(17)14-16)19-11-6-5-10-18(19)15(2)3;1-3-7-11-9(5-1)10-6-2-4-8-12(10)13-11;/h2*5-7,9-15H,4,8H2,1-3H3;1-7H,13H2;. The van der Waals surface area contributed by atoms with Gasteiger partial charge in [-0.15, -0.1) is 0 Å². The predicted octanol–water partition coefficient (Wildman–Crippen LogP) is 12.5. The molecule has 0 fully saturated rings. The van der Waals surface area contributed by atoms with Crippen LogP contribution in [-0.4, -0.2) is 9.52 Å². The Morgan fingerprint density at radius 3 is 1.45 bits per heavy atom. The maximum atomic E-state index is 2.69. The van der Waals surface area contributed by atoms with Crippen molar-refractivity contribution < 1.29 is 21.8 Å². The number of benzene rings is 6. The summed E-state index contributed by atoms with van der Waals surface area (Å²) in [5.74, 6) is 0.934. The summed E-state index contributed by atoms with van der Waals surface area (Å²) >= 11 is -2.84. The SMILES string of the molecule is CCCC1=Cc2c(-c3ccccc3C(C)C)cccc2[CH]1[Zr]([c]1cccc2c1[SiH2]c1ccccc1-2)[CH]1C(CCC)=Cc2c(-c3ccccc3C(C)C)cccc21. The molecule has 0 aromatic heterocycles. The van der Waals surface area contributed by atoms with Crippen molar-refractivity contribution in [3.8, 4) is 33.4 Å². The van der Waals surface area contributed by atoms with E-state index < -0.39 is 31.3 Å². The van der Waals surface area contributed by atoms with Crippen molar-refractivity contribution in [2.75, 3.05) is 0 Å². The predicted molar refractivity (Wildman–Crippen MR) is 243 cm³/mol. The number of allylic oxidation sites excluding steroid dienone is 2. The number of fused-ring (bicyclic) bond motifs is 5. The first kappa shape index (κ1) is 37.5. The molecule has 1 aliphatic heterocycles. The van der Waals surface area contributed by atoms with Crippen LogP contribution in [0.2, 0.25) is 0 Å². The Bertz CT molecular complexity index is 2390. The second-order valence-electron chi connectivity index (χ2n) is 17.0. The Morgan fingerprint density at radius 2 is 0.929 bits per heavy atom. The minimum absolute atomic E-state index is 0.467. The molecule has 0 saturated carbocycles. The molecule has 279 valence electrons. The van der Waals surface area contributed by atoms with E-state index in [0.717, 1.165) is 12.8 Å². The Hall–Kier alpha value is -4.10. The van der Waals surface area contributed by atoms with Crippen molar-refractivity contribution in [3.63, 3.8) is 0 Å². The molecular formula is C54H55SiZr. The summed E-state index contributed by atoms with van der Waals surface area (Å²) < 4.78 is 2.78. The molecule has 0 radical (unpaired) electrons. The fourth-order valence-corrected chi connectivity index (χ4v) is 24.6. The molecule has 56 heavy (non-hydrogen) atoms. The van der Waals surface area contributed by atoms with E-state index in [1.807, 2.05) is 0 Å². The molecule has 2 unspecified atom stereocenters. The van der Waals surface area contributed by atoms with Gasteiger partial charge >= 0.3 is 349 Å². The van der Waals surface area contributed by atoms with Crippen LogP contribution in [0, 0.1) is 0 Å². The van der Waals surface area contributed by atoms with Gasteiger partial charge in [0.2, 0.25) is 0 Å². The van der Waals surface area contributed by atoms with E-state index in [1.165, 1.54) is 62.9 Å². The van der Waals surface area contributed by atoms with Crippen LogP contribution < -0.4 is 13.6 Å². The second-order valence-corrected chi connectivity index (χ2v) is 25.2. The van der Waals surface area contributed by atoms with Crippen molar-refractivity contribution in [3.05, 3.63) is 172 Å². The van der Waals surface area contributed by atoms with Gasteiger partial charge in [0.1, 0.15) is 0 Å². The molecule has 9 rings (SSSR count). The van der Waals surface area contributed by atoms with Crippen molar-refractivity contribution in [2.45, 2.75) is 86.3 Å². The zero-order valence-electron chi connectivity index (χ0n) is 34.1. The summed E-state index contributed by atoms with van der Waals surface area (Å²) in [5.41, 5.74) is 21.2. The summed E-state index contributed by atoms with van der Waals surface area (Å²) in [7, 11) is -0.612. The van der Waals surface area contributed by atoms with E-state index in [9.17, 15) is 0 Å². The fraction of sp³-hybridized carbons (Fsp3) is 0.259. The van der Waals surface area contributed by atoms with Gasteiger partial charge in [0.15, 0.2) is 0 Å². The fourth-order valence-electron chi connectivity index (χ4n) is 10.5. The van der Waals surface area contributed by atoms with Gasteiger partial charge in [-0.3, -0.25) is 0 Å². The van der Waals surface area contributed by atoms with E-state index in [1.54, 1.807) is 41.5 Å². The Morgan fingerprint density at radius 1 is 0.482 bits per heavy atom. The maximum absolute atomic E-state index is 2.84. The molecule has 2 heteroatoms. The van der Waals surface area contributed by atoms with E-state index in [4.69, 9.17) is 0 Å². The van der Waals surface area contributed by atoms with Crippen molar-refractivity contribution >= 4 is 35.3 Å². The van der Waals surface area contributed by atoms with Gasteiger partial charge in [-0.2, -0.15) is 0 Å². The summed E-state index contributed by atoms with van der Waals surface area (Å²) in [5, 5.41) is 3.39. The molecule has 1 heterocycles. The third kappa shape index (κ3) is 6.37. The summed E-state index contributed by atoms with van der Waals surface area (Å²) in [6.07, 6.45) is 10.1. The van der Waals surface area contributed by atoms with Gasteiger partial charge in [-0.1, -0.05) is 0 Å². The van der Waals surface area contributed by atoms with Crippen molar-refractivity contribution in [1.82, 2.24) is 0 Å². The Kier molecular flexibility index (Phi) is 10.5. The van der Waals surface area contributed by atoms with Crippen molar-refractivity contribution in [1.29, 1.82) is 0 Å². The van der Waals surface area contributed by atoms with Crippen LogP contribution in [0.4, 0.5) is 0 Å². The molecule has 2 atom stereocenters. The molecule has 0 saturated heterocycles. The molecule has 6 aromatic carbocycles. The molecule has 6 aromatic rings. The van der Waals surface area contributed by atoms with Gasteiger partial charge < -0.3 is 0 Å². The average Bonchev–Trinajstić information content (AvgIpc) is 3.90. The normalized spacial score (nSPS) is 16.9. The number of hydrogen-bond donors (Lipinski definition) is 0. The second kappa shape index (κ2) is 15.7. The quantitative estimate of drug-likeness (QED) is 0.114. The average molecular weight is 823 g/mol. The molecule has 0 nitrogen and oxygen atoms in total. The molecule has 3 aliphatic rings. The van der Waals surface area contributed by atoms with Crippen LogP contribution in [0.1, 0.15) is 120 Å². The molecule has 0 bridgehead atoms. The summed E-state index contributed by atoms with van der Waals surface area (Å²) in [6.45, 7) is 14.2. The van der Waals surface area contributed by atoms with Crippen LogP contribution >= 0.6 is 0 Å². The Labute approximate surface area is 346 Å². The third-order valence-corrected chi connectivity index (χ3v) is 25.0. The van der Waals surface area contributed by atoms with Crippen LogP contribution in [0.25, 0.3) is 45.5 Å². The topological polar surface area (TPSA) is 0 Å². The number of hydrogen-bond acceptors (Lipinski definition) is 0. The minimum atomic E-state index is -2.84. The molecule has 0 N–H and O–H groups in total. The Balaban J connectivity index is 1.31. The first-order valence-electron chi connectivity index (χ1n) is 21.3. The third-order valence-electron chi connectivity index (χ3n) is 12.9.